The first-order chi connectivity index (χ1) is 9.48. The average molecular weight is 284 g/mol. The van der Waals surface area contributed by atoms with Crippen LogP contribution in [0.4, 0.5) is 0 Å². The van der Waals surface area contributed by atoms with E-state index in [4.69, 9.17) is 4.74 Å². The van der Waals surface area contributed by atoms with Crippen LogP contribution < -0.4 is 0 Å². The van der Waals surface area contributed by atoms with Crippen LogP contribution in [-0.2, 0) is 9.53 Å². The molecule has 1 aliphatic carbocycles. The number of nitrogens with zero attached hydrogens (tertiary/aromatic N) is 2. The molecule has 116 valence electrons. The van der Waals surface area contributed by atoms with Crippen molar-refractivity contribution in [1.29, 1.82) is 0 Å². The Bertz CT molecular complexity index is 331. The van der Waals surface area contributed by atoms with Gasteiger partial charge in [0.2, 0.25) is 5.91 Å². The molecule has 0 aromatic heterocycles. The third-order valence-corrected chi connectivity index (χ3v) is 4.43. The molecule has 2 rings (SSSR count). The number of aliphatic hydroxyl groups is 1. The Morgan fingerprint density at radius 2 is 2.15 bits per heavy atom. The fourth-order valence-corrected chi connectivity index (χ4v) is 2.87. The number of β-amino-alcohol motifs (C(OH)–C–C–N with tert-alkyl or cyclic N) is 1. The van der Waals surface area contributed by atoms with Crippen LogP contribution >= 0.6 is 0 Å². The molecule has 1 heterocycles. The van der Waals surface area contributed by atoms with Gasteiger partial charge in [0.25, 0.3) is 0 Å². The Morgan fingerprint density at radius 1 is 1.40 bits per heavy atom. The molecular formula is C15H28N2O3. The van der Waals surface area contributed by atoms with Gasteiger partial charge in [-0.25, -0.2) is 0 Å². The van der Waals surface area contributed by atoms with E-state index in [1.54, 1.807) is 19.0 Å². The number of hydrogen-bond donors (Lipinski definition) is 1. The molecule has 1 N–H and O–H groups in total. The molecule has 2 aliphatic rings. The van der Waals surface area contributed by atoms with Crippen molar-refractivity contribution in [3.8, 4) is 0 Å². The lowest BCUT2D eigenvalue weighted by Gasteiger charge is -2.39. The largest absolute Gasteiger partial charge is 0.388 e. The SMILES string of the molecule is CN(C)C(=O)CC1(O)CCCN(CCOC2CCC2)C1. The number of carbonyl (C=O) groups is 1. The zero-order valence-corrected chi connectivity index (χ0v) is 12.8. The first-order valence-electron chi connectivity index (χ1n) is 7.75. The summed E-state index contributed by atoms with van der Waals surface area (Å²) in [6, 6.07) is 0. The van der Waals surface area contributed by atoms with Crippen molar-refractivity contribution < 1.29 is 14.6 Å². The summed E-state index contributed by atoms with van der Waals surface area (Å²) < 4.78 is 5.77. The summed E-state index contributed by atoms with van der Waals surface area (Å²) in [6.07, 6.45) is 6.03. The Kier molecular flexibility index (Phi) is 5.41. The van der Waals surface area contributed by atoms with E-state index in [9.17, 15) is 9.90 Å². The summed E-state index contributed by atoms with van der Waals surface area (Å²) in [4.78, 5) is 15.6. The molecular weight excluding hydrogens is 256 g/mol. The monoisotopic (exact) mass is 284 g/mol. The van der Waals surface area contributed by atoms with Crippen molar-refractivity contribution in [3.63, 3.8) is 0 Å². The third kappa shape index (κ3) is 4.43. The predicted octanol–water partition coefficient (Wildman–Crippen LogP) is 0.861. The van der Waals surface area contributed by atoms with Crippen molar-refractivity contribution in [2.75, 3.05) is 40.3 Å². The van der Waals surface area contributed by atoms with Crippen molar-refractivity contribution in [2.24, 2.45) is 0 Å². The van der Waals surface area contributed by atoms with E-state index in [1.807, 2.05) is 0 Å². The van der Waals surface area contributed by atoms with Gasteiger partial charge in [-0.2, -0.15) is 0 Å². The van der Waals surface area contributed by atoms with E-state index in [1.165, 1.54) is 19.3 Å². The highest BCUT2D eigenvalue weighted by atomic mass is 16.5. The standard InChI is InChI=1S/C15H28N2O3/c1-16(2)14(18)11-15(19)7-4-8-17(12-15)9-10-20-13-5-3-6-13/h13,19H,3-12H2,1-2H3. The van der Waals surface area contributed by atoms with Crippen LogP contribution in [-0.4, -0.2) is 72.9 Å². The van der Waals surface area contributed by atoms with Crippen molar-refractivity contribution in [1.82, 2.24) is 9.80 Å². The maximum absolute atomic E-state index is 11.8. The maximum Gasteiger partial charge on any atom is 0.224 e. The van der Waals surface area contributed by atoms with Gasteiger partial charge >= 0.3 is 0 Å². The highest BCUT2D eigenvalue weighted by Crippen LogP contribution is 2.25. The molecule has 0 spiro atoms. The quantitative estimate of drug-likeness (QED) is 0.786. The lowest BCUT2D eigenvalue weighted by Crippen LogP contribution is -2.51. The summed E-state index contributed by atoms with van der Waals surface area (Å²) in [6.45, 7) is 3.17. The van der Waals surface area contributed by atoms with Gasteiger partial charge in [-0.3, -0.25) is 9.69 Å². The van der Waals surface area contributed by atoms with Crippen LogP contribution in [0.1, 0.15) is 38.5 Å². The second-order valence-electron chi connectivity index (χ2n) is 6.49. The molecule has 0 aromatic rings. The molecule has 0 aromatic carbocycles. The van der Waals surface area contributed by atoms with E-state index < -0.39 is 5.60 Å². The topological polar surface area (TPSA) is 53.0 Å². The Hall–Kier alpha value is -0.650. The molecule has 1 atom stereocenters. The van der Waals surface area contributed by atoms with E-state index in [0.29, 0.717) is 19.1 Å². The van der Waals surface area contributed by atoms with Crippen molar-refractivity contribution >= 4 is 5.91 Å². The first-order valence-corrected chi connectivity index (χ1v) is 7.75. The molecule has 2 fully saturated rings. The van der Waals surface area contributed by atoms with Crippen LogP contribution in [0.25, 0.3) is 0 Å². The van der Waals surface area contributed by atoms with Gasteiger partial charge in [0.15, 0.2) is 0 Å². The highest BCUT2D eigenvalue weighted by molar-refractivity contribution is 5.76. The number of likely N-dealkylation sites (tertiary alicyclic amines) is 1. The number of hydrogen-bond acceptors (Lipinski definition) is 4. The van der Waals surface area contributed by atoms with E-state index in [-0.39, 0.29) is 12.3 Å². The first kappa shape index (κ1) is 15.7. The van der Waals surface area contributed by atoms with Gasteiger partial charge < -0.3 is 14.7 Å². The number of amides is 1. The summed E-state index contributed by atoms with van der Waals surface area (Å²) in [5.74, 6) is 0.0000630. The second-order valence-corrected chi connectivity index (χ2v) is 6.49. The molecule has 20 heavy (non-hydrogen) atoms. The lowest BCUT2D eigenvalue weighted by atomic mass is 9.89. The molecule has 1 saturated carbocycles. The molecule has 0 radical (unpaired) electrons. The normalized spacial score (nSPS) is 28.1. The maximum atomic E-state index is 11.8. The molecule has 1 aliphatic heterocycles. The van der Waals surface area contributed by atoms with Crippen LogP contribution in [0.5, 0.6) is 0 Å². The zero-order chi connectivity index (χ0) is 14.6. The molecule has 1 unspecified atom stereocenters. The van der Waals surface area contributed by atoms with E-state index in [0.717, 1.165) is 26.1 Å². The van der Waals surface area contributed by atoms with Gasteiger partial charge in [-0.05, 0) is 38.6 Å². The fourth-order valence-electron chi connectivity index (χ4n) is 2.87. The second kappa shape index (κ2) is 6.87. The highest BCUT2D eigenvalue weighted by Gasteiger charge is 2.35. The number of rotatable bonds is 6. The summed E-state index contributed by atoms with van der Waals surface area (Å²) in [5.41, 5.74) is -0.865. The van der Waals surface area contributed by atoms with Gasteiger partial charge in [0.05, 0.1) is 24.7 Å². The molecule has 5 heteroatoms. The summed E-state index contributed by atoms with van der Waals surface area (Å²) >= 11 is 0. The number of carbonyl (C=O) groups excluding carboxylic acids is 1. The average Bonchev–Trinajstić information content (AvgIpc) is 2.31. The van der Waals surface area contributed by atoms with Crippen LogP contribution in [0.3, 0.4) is 0 Å². The molecule has 1 saturated heterocycles. The van der Waals surface area contributed by atoms with E-state index >= 15 is 0 Å². The van der Waals surface area contributed by atoms with Crippen molar-refractivity contribution in [2.45, 2.75) is 50.2 Å². The molecule has 5 nitrogen and oxygen atoms in total. The number of piperidine rings is 1. The Balaban J connectivity index is 1.73. The smallest absolute Gasteiger partial charge is 0.224 e. The Morgan fingerprint density at radius 3 is 2.75 bits per heavy atom. The summed E-state index contributed by atoms with van der Waals surface area (Å²) in [5, 5.41) is 10.6. The lowest BCUT2D eigenvalue weighted by molar-refractivity contribution is -0.136. The van der Waals surface area contributed by atoms with Crippen LogP contribution in [0.2, 0.25) is 0 Å². The molecule has 1 amide bonds. The van der Waals surface area contributed by atoms with Gasteiger partial charge in [-0.1, -0.05) is 0 Å². The minimum Gasteiger partial charge on any atom is -0.388 e. The fraction of sp³-hybridized carbons (Fsp3) is 0.933. The summed E-state index contributed by atoms with van der Waals surface area (Å²) in [7, 11) is 3.47. The van der Waals surface area contributed by atoms with Gasteiger partial charge in [0.1, 0.15) is 0 Å². The minimum absolute atomic E-state index is 0.0000630. The Labute approximate surface area is 121 Å². The van der Waals surface area contributed by atoms with Crippen LogP contribution in [0, 0.1) is 0 Å². The van der Waals surface area contributed by atoms with E-state index in [2.05, 4.69) is 4.90 Å². The van der Waals surface area contributed by atoms with Crippen molar-refractivity contribution in [3.05, 3.63) is 0 Å². The third-order valence-electron chi connectivity index (χ3n) is 4.43. The van der Waals surface area contributed by atoms with Gasteiger partial charge in [0, 0.05) is 27.2 Å². The van der Waals surface area contributed by atoms with Crippen LogP contribution in [0.15, 0.2) is 0 Å². The van der Waals surface area contributed by atoms with Gasteiger partial charge in [-0.15, -0.1) is 0 Å². The number of ether oxygens (including phenoxy) is 1. The molecule has 0 bridgehead atoms. The zero-order valence-electron chi connectivity index (χ0n) is 12.8. The predicted molar refractivity (Wildman–Crippen MR) is 77.5 cm³/mol. The minimum atomic E-state index is -0.865.